The van der Waals surface area contributed by atoms with Crippen molar-refractivity contribution in [3.63, 3.8) is 0 Å². The number of halogens is 1. The van der Waals surface area contributed by atoms with Gasteiger partial charge in [-0.05, 0) is 40.8 Å². The predicted octanol–water partition coefficient (Wildman–Crippen LogP) is 6.24. The first-order valence-corrected chi connectivity index (χ1v) is 12.4. The molecule has 156 valence electrons. The van der Waals surface area contributed by atoms with Crippen molar-refractivity contribution in [3.8, 4) is 0 Å². The van der Waals surface area contributed by atoms with Gasteiger partial charge in [0.2, 0.25) is 0 Å². The highest BCUT2D eigenvalue weighted by Crippen LogP contribution is 2.37. The second-order valence-corrected chi connectivity index (χ2v) is 9.60. The normalized spacial score (nSPS) is 12.4. The standard InChI is InChI=1S/C27H24BrNOS/c28-26-18-16-22(17-19-26)20-21-31(30)29-27(23-10-4-1-5-11-23,24-12-6-2-7-13-24)25-14-8-3-9-15-25/h1-19,29H,20-21H2. The van der Waals surface area contributed by atoms with Gasteiger partial charge in [0.1, 0.15) is 5.54 Å². The van der Waals surface area contributed by atoms with Gasteiger partial charge in [-0.3, -0.25) is 0 Å². The second kappa shape index (κ2) is 10.2. The minimum atomic E-state index is -1.26. The van der Waals surface area contributed by atoms with Crippen molar-refractivity contribution < 1.29 is 4.21 Å². The van der Waals surface area contributed by atoms with Gasteiger partial charge in [0.25, 0.3) is 0 Å². The first-order valence-electron chi connectivity index (χ1n) is 10.3. The Balaban J connectivity index is 1.73. The molecule has 4 rings (SSSR count). The van der Waals surface area contributed by atoms with E-state index in [1.165, 1.54) is 5.56 Å². The van der Waals surface area contributed by atoms with Crippen LogP contribution in [-0.2, 0) is 22.9 Å². The van der Waals surface area contributed by atoms with Crippen LogP contribution in [0.5, 0.6) is 0 Å². The first kappa shape index (κ1) is 21.7. The molecule has 0 bridgehead atoms. The fourth-order valence-electron chi connectivity index (χ4n) is 3.82. The molecule has 0 amide bonds. The van der Waals surface area contributed by atoms with E-state index < -0.39 is 16.5 Å². The zero-order valence-corrected chi connectivity index (χ0v) is 19.5. The van der Waals surface area contributed by atoms with Crippen LogP contribution >= 0.6 is 15.9 Å². The maximum Gasteiger partial charge on any atom is 0.106 e. The summed E-state index contributed by atoms with van der Waals surface area (Å²) >= 11 is 3.47. The van der Waals surface area contributed by atoms with Gasteiger partial charge in [-0.15, -0.1) is 0 Å². The van der Waals surface area contributed by atoms with Crippen LogP contribution in [0.2, 0.25) is 0 Å². The smallest absolute Gasteiger partial charge is 0.106 e. The number of hydrogen-bond acceptors (Lipinski definition) is 1. The van der Waals surface area contributed by atoms with Crippen molar-refractivity contribution in [1.29, 1.82) is 0 Å². The maximum atomic E-state index is 13.4. The zero-order valence-electron chi connectivity index (χ0n) is 17.1. The largest absolute Gasteiger partial charge is 0.243 e. The van der Waals surface area contributed by atoms with E-state index in [9.17, 15) is 4.21 Å². The van der Waals surface area contributed by atoms with Crippen molar-refractivity contribution in [2.24, 2.45) is 0 Å². The Bertz CT molecular complexity index is 1020. The van der Waals surface area contributed by atoms with E-state index in [0.717, 1.165) is 27.6 Å². The van der Waals surface area contributed by atoms with Crippen LogP contribution in [0.1, 0.15) is 22.3 Å². The van der Waals surface area contributed by atoms with Gasteiger partial charge in [0.05, 0.1) is 11.0 Å². The topological polar surface area (TPSA) is 29.1 Å². The van der Waals surface area contributed by atoms with Crippen LogP contribution < -0.4 is 4.72 Å². The summed E-state index contributed by atoms with van der Waals surface area (Å²) in [6.07, 6.45) is 0.737. The Hall–Kier alpha value is -2.53. The van der Waals surface area contributed by atoms with E-state index in [1.807, 2.05) is 66.7 Å². The Morgan fingerprint density at radius 3 is 1.48 bits per heavy atom. The molecule has 0 aliphatic rings. The SMILES string of the molecule is O=S(CCc1ccc(Br)cc1)NC(c1ccccc1)(c1ccccc1)c1ccccc1. The molecule has 0 saturated heterocycles. The lowest BCUT2D eigenvalue weighted by Gasteiger charge is -2.36. The van der Waals surface area contributed by atoms with Crippen LogP contribution in [-0.4, -0.2) is 9.96 Å². The van der Waals surface area contributed by atoms with Crippen LogP contribution in [0.3, 0.4) is 0 Å². The van der Waals surface area contributed by atoms with E-state index in [-0.39, 0.29) is 0 Å². The summed E-state index contributed by atoms with van der Waals surface area (Å²) < 4.78 is 18.0. The molecule has 0 fully saturated rings. The number of rotatable bonds is 8. The Morgan fingerprint density at radius 1 is 0.645 bits per heavy atom. The van der Waals surface area contributed by atoms with Gasteiger partial charge in [-0.25, -0.2) is 8.93 Å². The summed E-state index contributed by atoms with van der Waals surface area (Å²) in [6.45, 7) is 0. The molecule has 4 aromatic rings. The molecule has 0 heterocycles. The fourth-order valence-corrected chi connectivity index (χ4v) is 5.31. The number of nitrogens with one attached hydrogen (secondary N) is 1. The molecular weight excluding hydrogens is 466 g/mol. The number of aryl methyl sites for hydroxylation is 1. The van der Waals surface area contributed by atoms with E-state index >= 15 is 0 Å². The summed E-state index contributed by atoms with van der Waals surface area (Å²) in [5, 5.41) is 0. The predicted molar refractivity (Wildman–Crippen MR) is 133 cm³/mol. The van der Waals surface area contributed by atoms with Gasteiger partial charge in [-0.2, -0.15) is 0 Å². The van der Waals surface area contributed by atoms with Crippen molar-refractivity contribution in [2.75, 3.05) is 5.75 Å². The molecule has 31 heavy (non-hydrogen) atoms. The van der Waals surface area contributed by atoms with E-state index in [1.54, 1.807) is 0 Å². The Labute approximate surface area is 195 Å². The molecule has 4 heteroatoms. The van der Waals surface area contributed by atoms with E-state index in [0.29, 0.717) is 5.75 Å². The van der Waals surface area contributed by atoms with E-state index in [2.05, 4.69) is 69.2 Å². The highest BCUT2D eigenvalue weighted by molar-refractivity contribution is 9.10. The molecule has 0 aromatic heterocycles. The third-order valence-corrected chi connectivity index (χ3v) is 7.01. The molecule has 0 spiro atoms. The number of benzene rings is 4. The van der Waals surface area contributed by atoms with Crippen LogP contribution in [0.4, 0.5) is 0 Å². The molecular formula is C27H24BrNOS. The molecule has 0 aliphatic heterocycles. The average molecular weight is 490 g/mol. The second-order valence-electron chi connectivity index (χ2n) is 7.38. The monoisotopic (exact) mass is 489 g/mol. The van der Waals surface area contributed by atoms with Crippen LogP contribution in [0, 0.1) is 0 Å². The van der Waals surface area contributed by atoms with Gasteiger partial charge in [-0.1, -0.05) is 119 Å². The quantitative estimate of drug-likeness (QED) is 0.291. The third-order valence-electron chi connectivity index (χ3n) is 5.38. The summed E-state index contributed by atoms with van der Waals surface area (Å²) in [4.78, 5) is 0. The minimum Gasteiger partial charge on any atom is -0.243 e. The van der Waals surface area contributed by atoms with E-state index in [4.69, 9.17) is 0 Å². The lowest BCUT2D eigenvalue weighted by atomic mass is 9.78. The van der Waals surface area contributed by atoms with Gasteiger partial charge in [0.15, 0.2) is 0 Å². The van der Waals surface area contributed by atoms with Crippen molar-refractivity contribution in [3.05, 3.63) is 142 Å². The average Bonchev–Trinajstić information content (AvgIpc) is 2.84. The summed E-state index contributed by atoms with van der Waals surface area (Å²) in [6, 6.07) is 39.0. The first-order chi connectivity index (χ1) is 15.2. The maximum absolute atomic E-state index is 13.4. The van der Waals surface area contributed by atoms with Crippen LogP contribution in [0.15, 0.2) is 120 Å². The Morgan fingerprint density at radius 2 is 1.06 bits per heavy atom. The van der Waals surface area contributed by atoms with Gasteiger partial charge >= 0.3 is 0 Å². The molecule has 2 nitrogen and oxygen atoms in total. The minimum absolute atomic E-state index is 0.524. The highest BCUT2D eigenvalue weighted by atomic mass is 79.9. The van der Waals surface area contributed by atoms with Crippen LogP contribution in [0.25, 0.3) is 0 Å². The highest BCUT2D eigenvalue weighted by Gasteiger charge is 2.37. The van der Waals surface area contributed by atoms with Gasteiger partial charge < -0.3 is 0 Å². The molecule has 1 N–H and O–H groups in total. The fraction of sp³-hybridized carbons (Fsp3) is 0.111. The van der Waals surface area contributed by atoms with Crippen molar-refractivity contribution in [2.45, 2.75) is 12.0 Å². The zero-order chi connectivity index (χ0) is 21.5. The molecule has 0 saturated carbocycles. The lowest BCUT2D eigenvalue weighted by Crippen LogP contribution is -2.46. The Kier molecular flexibility index (Phi) is 7.13. The molecule has 1 unspecified atom stereocenters. The van der Waals surface area contributed by atoms with Crippen molar-refractivity contribution >= 4 is 26.9 Å². The molecule has 4 aromatic carbocycles. The summed E-state index contributed by atoms with van der Waals surface area (Å²) in [7, 11) is -1.26. The lowest BCUT2D eigenvalue weighted by molar-refractivity contribution is 0.574. The molecule has 0 radical (unpaired) electrons. The van der Waals surface area contributed by atoms with Crippen molar-refractivity contribution in [1.82, 2.24) is 4.72 Å². The summed E-state index contributed by atoms with van der Waals surface area (Å²) in [5.74, 6) is 0.524. The third kappa shape index (κ3) is 5.04. The molecule has 1 atom stereocenters. The summed E-state index contributed by atoms with van der Waals surface area (Å²) in [5.41, 5.74) is 3.63. The number of hydrogen-bond donors (Lipinski definition) is 1. The molecule has 0 aliphatic carbocycles. The van der Waals surface area contributed by atoms with Gasteiger partial charge in [0, 0.05) is 10.2 Å².